The molecule has 0 saturated carbocycles. The van der Waals surface area contributed by atoms with Crippen molar-refractivity contribution in [1.29, 1.82) is 0 Å². The van der Waals surface area contributed by atoms with E-state index in [-0.39, 0.29) is 18.4 Å². The number of rotatable bonds is 6. The lowest BCUT2D eigenvalue weighted by atomic mass is 9.86. The van der Waals surface area contributed by atoms with Gasteiger partial charge in [-0.3, -0.25) is 4.79 Å². The van der Waals surface area contributed by atoms with Gasteiger partial charge in [0.05, 0.1) is 6.42 Å². The fourth-order valence-electron chi connectivity index (χ4n) is 2.41. The fourth-order valence-corrected chi connectivity index (χ4v) is 2.41. The van der Waals surface area contributed by atoms with Gasteiger partial charge in [0.15, 0.2) is 0 Å². The molecule has 0 fully saturated rings. The first-order valence-corrected chi connectivity index (χ1v) is 6.73. The van der Waals surface area contributed by atoms with Gasteiger partial charge >= 0.3 is 5.97 Å². The SMILES string of the molecule is N[C@@H](c1ccccc1)[C@@H](CC(=O)O)Cc1ccccc1. The van der Waals surface area contributed by atoms with E-state index >= 15 is 0 Å². The van der Waals surface area contributed by atoms with Crippen molar-refractivity contribution in [3.63, 3.8) is 0 Å². The summed E-state index contributed by atoms with van der Waals surface area (Å²) in [5, 5.41) is 9.10. The molecule has 0 aliphatic rings. The maximum Gasteiger partial charge on any atom is 0.303 e. The van der Waals surface area contributed by atoms with Crippen molar-refractivity contribution in [2.24, 2.45) is 11.7 Å². The lowest BCUT2D eigenvalue weighted by Crippen LogP contribution is -2.25. The summed E-state index contributed by atoms with van der Waals surface area (Å²) in [4.78, 5) is 11.1. The zero-order valence-electron chi connectivity index (χ0n) is 11.3. The van der Waals surface area contributed by atoms with Crippen molar-refractivity contribution in [2.45, 2.75) is 18.9 Å². The molecule has 0 heterocycles. The molecule has 2 aromatic rings. The Labute approximate surface area is 119 Å². The number of nitrogens with two attached hydrogens (primary N) is 1. The van der Waals surface area contributed by atoms with Gasteiger partial charge in [0.25, 0.3) is 0 Å². The number of carbonyl (C=O) groups is 1. The maximum atomic E-state index is 11.1. The number of hydrogen-bond donors (Lipinski definition) is 2. The third-order valence-corrected chi connectivity index (χ3v) is 3.47. The molecule has 3 nitrogen and oxygen atoms in total. The van der Waals surface area contributed by atoms with Crippen molar-refractivity contribution >= 4 is 5.97 Å². The summed E-state index contributed by atoms with van der Waals surface area (Å²) in [6, 6.07) is 19.3. The molecule has 2 rings (SSSR count). The first-order valence-electron chi connectivity index (χ1n) is 6.73. The van der Waals surface area contributed by atoms with Crippen LogP contribution in [0.1, 0.15) is 23.6 Å². The van der Waals surface area contributed by atoms with Crippen LogP contribution in [-0.2, 0) is 11.2 Å². The van der Waals surface area contributed by atoms with Crippen LogP contribution in [0.4, 0.5) is 0 Å². The Kier molecular flexibility index (Phi) is 4.91. The largest absolute Gasteiger partial charge is 0.481 e. The highest BCUT2D eigenvalue weighted by molar-refractivity contribution is 5.67. The quantitative estimate of drug-likeness (QED) is 0.847. The summed E-state index contributed by atoms with van der Waals surface area (Å²) in [5.41, 5.74) is 8.37. The summed E-state index contributed by atoms with van der Waals surface area (Å²) in [7, 11) is 0. The van der Waals surface area contributed by atoms with Crippen LogP contribution in [0, 0.1) is 5.92 Å². The van der Waals surface area contributed by atoms with Crippen LogP contribution in [0.5, 0.6) is 0 Å². The van der Waals surface area contributed by atoms with Gasteiger partial charge in [0.2, 0.25) is 0 Å². The molecular formula is C17H19NO2. The van der Waals surface area contributed by atoms with Crippen molar-refractivity contribution in [3.05, 3.63) is 71.8 Å². The minimum atomic E-state index is -0.808. The molecule has 104 valence electrons. The van der Waals surface area contributed by atoms with Gasteiger partial charge in [-0.15, -0.1) is 0 Å². The molecule has 0 unspecified atom stereocenters. The van der Waals surface area contributed by atoms with Crippen molar-refractivity contribution < 1.29 is 9.90 Å². The predicted molar refractivity (Wildman–Crippen MR) is 79.3 cm³/mol. The second-order valence-corrected chi connectivity index (χ2v) is 4.98. The number of benzene rings is 2. The van der Waals surface area contributed by atoms with E-state index in [2.05, 4.69) is 0 Å². The maximum absolute atomic E-state index is 11.1. The number of aliphatic carboxylic acids is 1. The minimum Gasteiger partial charge on any atom is -0.481 e. The van der Waals surface area contributed by atoms with E-state index in [9.17, 15) is 4.79 Å². The minimum absolute atomic E-state index is 0.0744. The molecule has 0 aromatic heterocycles. The molecule has 0 bridgehead atoms. The number of hydrogen-bond acceptors (Lipinski definition) is 2. The highest BCUT2D eigenvalue weighted by Crippen LogP contribution is 2.26. The molecular weight excluding hydrogens is 250 g/mol. The van der Waals surface area contributed by atoms with E-state index in [1.807, 2.05) is 60.7 Å². The molecule has 0 aliphatic heterocycles. The van der Waals surface area contributed by atoms with Gasteiger partial charge in [-0.2, -0.15) is 0 Å². The van der Waals surface area contributed by atoms with Crippen molar-refractivity contribution in [2.75, 3.05) is 0 Å². The smallest absolute Gasteiger partial charge is 0.303 e. The Bertz CT molecular complexity index is 539. The Hall–Kier alpha value is -2.13. The number of carboxylic acids is 1. The zero-order chi connectivity index (χ0) is 14.4. The summed E-state index contributed by atoms with van der Waals surface area (Å²) in [6.07, 6.45) is 0.744. The Morgan fingerprint density at radius 2 is 1.55 bits per heavy atom. The molecule has 20 heavy (non-hydrogen) atoms. The molecule has 0 aliphatic carbocycles. The van der Waals surface area contributed by atoms with Gasteiger partial charge in [0, 0.05) is 6.04 Å². The topological polar surface area (TPSA) is 63.3 Å². The van der Waals surface area contributed by atoms with Crippen LogP contribution >= 0.6 is 0 Å². The second-order valence-electron chi connectivity index (χ2n) is 4.98. The normalized spacial score (nSPS) is 13.7. The van der Waals surface area contributed by atoms with Crippen LogP contribution in [0.3, 0.4) is 0 Å². The zero-order valence-corrected chi connectivity index (χ0v) is 11.3. The van der Waals surface area contributed by atoms with Gasteiger partial charge in [-0.25, -0.2) is 0 Å². The number of carboxylic acid groups (broad SMARTS) is 1. The van der Waals surface area contributed by atoms with Crippen LogP contribution in [-0.4, -0.2) is 11.1 Å². The molecule has 2 aromatic carbocycles. The lowest BCUT2D eigenvalue weighted by Gasteiger charge is -2.23. The van der Waals surface area contributed by atoms with Crippen molar-refractivity contribution in [3.8, 4) is 0 Å². The summed E-state index contributed by atoms with van der Waals surface area (Å²) in [6.45, 7) is 0. The average Bonchev–Trinajstić information content (AvgIpc) is 2.47. The molecule has 0 saturated heterocycles. The predicted octanol–water partition coefficient (Wildman–Crippen LogP) is 3.02. The third-order valence-electron chi connectivity index (χ3n) is 3.47. The molecule has 0 radical (unpaired) electrons. The molecule has 0 amide bonds. The molecule has 2 atom stereocenters. The average molecular weight is 269 g/mol. The first kappa shape index (κ1) is 14.3. The third kappa shape index (κ3) is 3.93. The highest BCUT2D eigenvalue weighted by atomic mass is 16.4. The second kappa shape index (κ2) is 6.87. The van der Waals surface area contributed by atoms with E-state index in [4.69, 9.17) is 10.8 Å². The van der Waals surface area contributed by atoms with E-state index in [0.29, 0.717) is 6.42 Å². The molecule has 3 heteroatoms. The summed E-state index contributed by atoms with van der Waals surface area (Å²) < 4.78 is 0. The van der Waals surface area contributed by atoms with E-state index in [1.54, 1.807) is 0 Å². The lowest BCUT2D eigenvalue weighted by molar-refractivity contribution is -0.138. The van der Waals surface area contributed by atoms with E-state index in [1.165, 1.54) is 0 Å². The van der Waals surface area contributed by atoms with Gasteiger partial charge in [0.1, 0.15) is 0 Å². The Morgan fingerprint density at radius 3 is 2.10 bits per heavy atom. The van der Waals surface area contributed by atoms with Gasteiger partial charge < -0.3 is 10.8 Å². The first-order chi connectivity index (χ1) is 9.66. The molecule has 3 N–H and O–H groups in total. The van der Waals surface area contributed by atoms with E-state index < -0.39 is 5.97 Å². The van der Waals surface area contributed by atoms with Gasteiger partial charge in [-0.05, 0) is 23.5 Å². The Balaban J connectivity index is 2.17. The highest BCUT2D eigenvalue weighted by Gasteiger charge is 2.22. The van der Waals surface area contributed by atoms with Gasteiger partial charge in [-0.1, -0.05) is 60.7 Å². The summed E-state index contributed by atoms with van der Waals surface area (Å²) >= 11 is 0. The van der Waals surface area contributed by atoms with Crippen LogP contribution in [0.2, 0.25) is 0 Å². The fraction of sp³-hybridized carbons (Fsp3) is 0.235. The molecule has 0 spiro atoms. The van der Waals surface area contributed by atoms with Crippen LogP contribution in [0.15, 0.2) is 60.7 Å². The Morgan fingerprint density at radius 1 is 1.00 bits per heavy atom. The van der Waals surface area contributed by atoms with Crippen LogP contribution < -0.4 is 5.73 Å². The monoisotopic (exact) mass is 269 g/mol. The van der Waals surface area contributed by atoms with Crippen molar-refractivity contribution in [1.82, 2.24) is 0 Å². The standard InChI is InChI=1S/C17H19NO2/c18-17(14-9-5-2-6-10-14)15(12-16(19)20)11-13-7-3-1-4-8-13/h1-10,15,17H,11-12,18H2,(H,19,20)/t15-,17+/m1/s1. The van der Waals surface area contributed by atoms with E-state index in [0.717, 1.165) is 11.1 Å². The summed E-state index contributed by atoms with van der Waals surface area (Å²) in [5.74, 6) is -0.922. The van der Waals surface area contributed by atoms with Crippen LogP contribution in [0.25, 0.3) is 0 Å².